The first-order valence-electron chi connectivity index (χ1n) is 10.6. The normalized spacial score (nSPS) is 15.4. The predicted octanol–water partition coefficient (Wildman–Crippen LogP) is 2.44. The number of carbonyl (C=O) groups is 2. The summed E-state index contributed by atoms with van der Waals surface area (Å²) >= 11 is 0. The predicted molar refractivity (Wildman–Crippen MR) is 119 cm³/mol. The highest BCUT2D eigenvalue weighted by atomic mass is 16.5. The van der Waals surface area contributed by atoms with Crippen LogP contribution in [0, 0.1) is 0 Å². The number of fused-ring (bicyclic) bond motifs is 1. The summed E-state index contributed by atoms with van der Waals surface area (Å²) in [6.07, 6.45) is -0.913. The number of nitrogens with one attached hydrogen (secondary N) is 2. The van der Waals surface area contributed by atoms with Crippen LogP contribution in [-0.2, 0) is 20.8 Å². The average molecular weight is 420 g/mol. The highest BCUT2D eigenvalue weighted by Crippen LogP contribution is 2.23. The molecule has 6 heteroatoms. The van der Waals surface area contributed by atoms with E-state index < -0.39 is 12.1 Å². The van der Waals surface area contributed by atoms with E-state index >= 15 is 0 Å². The Kier molecular flexibility index (Phi) is 6.60. The molecule has 0 bridgehead atoms. The number of hydrogen-bond donors (Lipinski definition) is 2. The monoisotopic (exact) mass is 419 g/mol. The third kappa shape index (κ3) is 5.29. The Labute approximate surface area is 181 Å². The summed E-state index contributed by atoms with van der Waals surface area (Å²) < 4.78 is 10.8. The number of esters is 1. The van der Waals surface area contributed by atoms with Crippen LogP contribution in [0.5, 0.6) is 0 Å². The molecule has 1 aliphatic rings. The van der Waals surface area contributed by atoms with E-state index in [1.165, 1.54) is 4.90 Å². The van der Waals surface area contributed by atoms with Crippen molar-refractivity contribution in [3.05, 3.63) is 77.9 Å². The van der Waals surface area contributed by atoms with Crippen molar-refractivity contribution in [2.45, 2.75) is 19.6 Å². The maximum Gasteiger partial charge on any atom is 0.338 e. The van der Waals surface area contributed by atoms with Crippen LogP contribution in [0.25, 0.3) is 10.8 Å². The molecule has 6 nitrogen and oxygen atoms in total. The van der Waals surface area contributed by atoms with Crippen LogP contribution in [-0.4, -0.2) is 44.3 Å². The first kappa shape index (κ1) is 21.0. The topological polar surface area (TPSA) is 69.1 Å². The van der Waals surface area contributed by atoms with Gasteiger partial charge in [0.25, 0.3) is 5.91 Å². The Morgan fingerprint density at radius 3 is 2.48 bits per heavy atom. The van der Waals surface area contributed by atoms with Crippen molar-refractivity contribution < 1.29 is 24.0 Å². The Bertz CT molecular complexity index is 1050. The highest BCUT2D eigenvalue weighted by Gasteiger charge is 2.20. The minimum absolute atomic E-state index is 0.364. The molecule has 0 aliphatic carbocycles. The molecular formula is C25H27N2O4+. The zero-order valence-electron chi connectivity index (χ0n) is 17.6. The van der Waals surface area contributed by atoms with Gasteiger partial charge in [-0.05, 0) is 30.5 Å². The molecule has 1 saturated heterocycles. The molecule has 1 amide bonds. The van der Waals surface area contributed by atoms with E-state index in [9.17, 15) is 9.59 Å². The van der Waals surface area contributed by atoms with Crippen LogP contribution in [0.15, 0.2) is 66.7 Å². The lowest BCUT2D eigenvalue weighted by Crippen LogP contribution is -3.12. The summed E-state index contributed by atoms with van der Waals surface area (Å²) in [5, 5.41) is 4.84. The van der Waals surface area contributed by atoms with E-state index in [4.69, 9.17) is 9.47 Å². The summed E-state index contributed by atoms with van der Waals surface area (Å²) in [5.41, 5.74) is 2.29. The molecule has 1 aliphatic heterocycles. The fourth-order valence-corrected chi connectivity index (χ4v) is 3.74. The second-order valence-corrected chi connectivity index (χ2v) is 7.80. The van der Waals surface area contributed by atoms with Crippen LogP contribution in [0.3, 0.4) is 0 Å². The third-order valence-corrected chi connectivity index (χ3v) is 5.54. The lowest BCUT2D eigenvalue weighted by atomic mass is 10.1. The van der Waals surface area contributed by atoms with Crippen molar-refractivity contribution >= 4 is 28.3 Å². The molecule has 0 spiro atoms. The SMILES string of the molecule is C[C@@H](OC(=O)c1ccc(C[NH+]2CCOCC2)cc1)C(=O)Nc1cccc2ccccc12. The third-order valence-electron chi connectivity index (χ3n) is 5.54. The molecule has 4 rings (SSSR count). The molecular weight excluding hydrogens is 392 g/mol. The summed E-state index contributed by atoms with van der Waals surface area (Å²) in [6, 6.07) is 20.9. The van der Waals surface area contributed by atoms with Gasteiger partial charge in [-0.15, -0.1) is 0 Å². The molecule has 0 radical (unpaired) electrons. The summed E-state index contributed by atoms with van der Waals surface area (Å²) in [4.78, 5) is 26.6. The van der Waals surface area contributed by atoms with Gasteiger partial charge in [0.2, 0.25) is 0 Å². The fraction of sp³-hybridized carbons (Fsp3) is 0.280. The second-order valence-electron chi connectivity index (χ2n) is 7.80. The lowest BCUT2D eigenvalue weighted by molar-refractivity contribution is -0.921. The number of benzene rings is 3. The number of rotatable bonds is 6. The van der Waals surface area contributed by atoms with Gasteiger partial charge < -0.3 is 19.7 Å². The molecule has 0 unspecified atom stereocenters. The van der Waals surface area contributed by atoms with E-state index in [1.54, 1.807) is 19.1 Å². The lowest BCUT2D eigenvalue weighted by Gasteiger charge is -2.23. The van der Waals surface area contributed by atoms with Gasteiger partial charge in [-0.3, -0.25) is 4.79 Å². The van der Waals surface area contributed by atoms with E-state index in [0.717, 1.165) is 49.2 Å². The molecule has 0 aromatic heterocycles. The minimum atomic E-state index is -0.913. The van der Waals surface area contributed by atoms with Crippen LogP contribution in [0.2, 0.25) is 0 Å². The number of anilines is 1. The number of quaternary nitrogens is 1. The van der Waals surface area contributed by atoms with Crippen molar-refractivity contribution in [1.82, 2.24) is 0 Å². The van der Waals surface area contributed by atoms with Crippen LogP contribution in [0.1, 0.15) is 22.8 Å². The van der Waals surface area contributed by atoms with Gasteiger partial charge in [0.1, 0.15) is 19.6 Å². The Hall–Kier alpha value is -3.22. The van der Waals surface area contributed by atoms with E-state index in [0.29, 0.717) is 11.3 Å². The van der Waals surface area contributed by atoms with E-state index in [1.807, 2.05) is 54.6 Å². The van der Waals surface area contributed by atoms with Gasteiger partial charge in [0.15, 0.2) is 6.10 Å². The summed E-state index contributed by atoms with van der Waals surface area (Å²) in [7, 11) is 0. The van der Waals surface area contributed by atoms with Crippen molar-refractivity contribution in [2.24, 2.45) is 0 Å². The van der Waals surface area contributed by atoms with Crippen molar-refractivity contribution in [3.8, 4) is 0 Å². The highest BCUT2D eigenvalue weighted by molar-refractivity contribution is 6.04. The number of carbonyl (C=O) groups excluding carboxylic acids is 2. The maximum absolute atomic E-state index is 12.6. The molecule has 2 N–H and O–H groups in total. The molecule has 3 aromatic carbocycles. The van der Waals surface area contributed by atoms with Gasteiger partial charge in [-0.2, -0.15) is 0 Å². The standard InChI is InChI=1S/C25H26N2O4/c1-18(24(28)26-23-8-4-6-20-5-2-3-7-22(20)23)31-25(29)21-11-9-19(10-12-21)17-27-13-15-30-16-14-27/h2-12,18H,13-17H2,1H3,(H,26,28)/p+1/t18-/m1/s1. The van der Waals surface area contributed by atoms with Crippen molar-refractivity contribution in [2.75, 3.05) is 31.6 Å². The quantitative estimate of drug-likeness (QED) is 0.603. The van der Waals surface area contributed by atoms with Crippen molar-refractivity contribution in [3.63, 3.8) is 0 Å². The Morgan fingerprint density at radius 1 is 1.00 bits per heavy atom. The Morgan fingerprint density at radius 2 is 1.71 bits per heavy atom. The van der Waals surface area contributed by atoms with Crippen molar-refractivity contribution in [1.29, 1.82) is 0 Å². The summed E-state index contributed by atoms with van der Waals surface area (Å²) in [5.74, 6) is -0.872. The number of ether oxygens (including phenoxy) is 2. The maximum atomic E-state index is 12.6. The van der Waals surface area contributed by atoms with Gasteiger partial charge in [0, 0.05) is 16.6 Å². The van der Waals surface area contributed by atoms with Crippen LogP contribution >= 0.6 is 0 Å². The number of morpholine rings is 1. The van der Waals surface area contributed by atoms with Gasteiger partial charge >= 0.3 is 5.97 Å². The van der Waals surface area contributed by atoms with Crippen LogP contribution < -0.4 is 10.2 Å². The zero-order chi connectivity index (χ0) is 21.6. The molecule has 160 valence electrons. The molecule has 1 heterocycles. The minimum Gasteiger partial charge on any atom is -0.449 e. The average Bonchev–Trinajstić information content (AvgIpc) is 2.80. The number of hydrogen-bond acceptors (Lipinski definition) is 4. The molecule has 31 heavy (non-hydrogen) atoms. The van der Waals surface area contributed by atoms with Crippen LogP contribution in [0.4, 0.5) is 5.69 Å². The Balaban J connectivity index is 1.34. The molecule has 1 fully saturated rings. The molecule has 1 atom stereocenters. The zero-order valence-corrected chi connectivity index (χ0v) is 17.6. The molecule has 3 aromatic rings. The molecule has 0 saturated carbocycles. The fourth-order valence-electron chi connectivity index (χ4n) is 3.74. The second kappa shape index (κ2) is 9.73. The van der Waals surface area contributed by atoms with Gasteiger partial charge in [-0.25, -0.2) is 4.79 Å². The first-order chi connectivity index (χ1) is 15.1. The van der Waals surface area contributed by atoms with E-state index in [2.05, 4.69) is 5.32 Å². The largest absolute Gasteiger partial charge is 0.449 e. The number of amides is 1. The first-order valence-corrected chi connectivity index (χ1v) is 10.6. The van der Waals surface area contributed by atoms with Gasteiger partial charge in [-0.1, -0.05) is 48.5 Å². The summed E-state index contributed by atoms with van der Waals surface area (Å²) in [6.45, 7) is 6.05. The smallest absolute Gasteiger partial charge is 0.338 e. The van der Waals surface area contributed by atoms with E-state index in [-0.39, 0.29) is 5.91 Å². The van der Waals surface area contributed by atoms with Gasteiger partial charge in [0.05, 0.1) is 18.8 Å².